The molecule has 7 rings (SSSR count). The van der Waals surface area contributed by atoms with Gasteiger partial charge in [0.2, 0.25) is 5.95 Å². The molecule has 3 aromatic heterocycles. The number of hydrogen-bond donors (Lipinski definition) is 4. The average molecular weight is 719 g/mol. The number of carbonyl (C=O) groups is 1. The Labute approximate surface area is 297 Å². The van der Waals surface area contributed by atoms with Gasteiger partial charge < -0.3 is 30.8 Å². The first-order chi connectivity index (χ1) is 25.1. The van der Waals surface area contributed by atoms with Crippen LogP contribution in [0.1, 0.15) is 73.9 Å². The maximum atomic E-state index is 13.5. The summed E-state index contributed by atoms with van der Waals surface area (Å²) in [6, 6.07) is 18.4. The van der Waals surface area contributed by atoms with Crippen LogP contribution in [0, 0.1) is 0 Å². The van der Waals surface area contributed by atoms with Gasteiger partial charge in [-0.1, -0.05) is 67.6 Å². The second kappa shape index (κ2) is 14.9. The molecule has 16 heteroatoms. The van der Waals surface area contributed by atoms with E-state index in [4.69, 9.17) is 20.4 Å². The van der Waals surface area contributed by atoms with Crippen LogP contribution >= 0.6 is 0 Å². The molecule has 0 spiro atoms. The smallest absolute Gasteiger partial charge is 0.451 e. The number of ether oxygens (including phenoxy) is 1. The van der Waals surface area contributed by atoms with E-state index in [1.165, 1.54) is 17.3 Å². The average Bonchev–Trinajstić information content (AvgIpc) is 3.87. The summed E-state index contributed by atoms with van der Waals surface area (Å²) in [5.41, 5.74) is 9.63. The fourth-order valence-corrected chi connectivity index (χ4v) is 7.23. The minimum absolute atomic E-state index is 0.0282. The van der Waals surface area contributed by atoms with E-state index < -0.39 is 36.4 Å². The van der Waals surface area contributed by atoms with Crippen LogP contribution in [-0.2, 0) is 16.0 Å². The van der Waals surface area contributed by atoms with Crippen LogP contribution < -0.4 is 16.4 Å². The lowest BCUT2D eigenvalue weighted by Gasteiger charge is -2.27. The van der Waals surface area contributed by atoms with Crippen LogP contribution in [0.2, 0.25) is 0 Å². The minimum atomic E-state index is -5.27. The van der Waals surface area contributed by atoms with Crippen molar-refractivity contribution in [3.8, 4) is 0 Å². The number of aliphatic hydroxyl groups is 1. The van der Waals surface area contributed by atoms with E-state index in [1.807, 2.05) is 43.3 Å². The van der Waals surface area contributed by atoms with E-state index in [1.54, 1.807) is 4.57 Å². The number of aromatic nitrogens is 7. The molecular weight excluding hydrogens is 677 g/mol. The molecule has 2 aliphatic carbocycles. The Kier molecular flexibility index (Phi) is 10.1. The number of esters is 1. The van der Waals surface area contributed by atoms with E-state index in [9.17, 15) is 23.1 Å². The van der Waals surface area contributed by atoms with Gasteiger partial charge in [-0.15, -0.1) is 0 Å². The molecule has 0 saturated heterocycles. The largest absolute Gasteiger partial charge is 0.490 e. The number of nitrogens with one attached hydrogen (secondary N) is 2. The van der Waals surface area contributed by atoms with Crippen molar-refractivity contribution in [3.05, 3.63) is 90.0 Å². The maximum Gasteiger partial charge on any atom is 0.490 e. The minimum Gasteiger partial charge on any atom is -0.451 e. The molecule has 274 valence electrons. The van der Waals surface area contributed by atoms with Crippen LogP contribution in [-0.4, -0.2) is 82.6 Å². The van der Waals surface area contributed by atoms with Gasteiger partial charge >= 0.3 is 12.1 Å². The Hall–Kier alpha value is -5.09. The standard InChI is InChI=1S/C36H41F3N10O3/c1-2-24-18-43-49(47-24)27-17-28(31(30(27)50)52-34(51)36(37,38)39)48-20-42-29-32(45-35(46-33(29)48)44-25-15-13-23(40)14-16-25)41-19-26(21-9-5-3-6-10-21)22-11-7-4-8-12-22/h3-12,18,20,23,25-28,30-31,50H,2,13-17,19,40H2,1H3,(H2,41,44,45,46)/t23?,25?,27-,28+,30+,31-/m0/s1. The lowest BCUT2D eigenvalue weighted by Crippen LogP contribution is -2.39. The molecule has 2 saturated carbocycles. The number of halogens is 3. The van der Waals surface area contributed by atoms with Crippen molar-refractivity contribution < 1.29 is 27.8 Å². The predicted octanol–water partition coefficient (Wildman–Crippen LogP) is 4.93. The normalized spacial score (nSPS) is 23.6. The number of fused-ring (bicyclic) bond motifs is 1. The number of rotatable bonds is 11. The van der Waals surface area contributed by atoms with Crippen LogP contribution in [0.3, 0.4) is 0 Å². The molecule has 0 aliphatic heterocycles. The molecule has 0 amide bonds. The third-order valence-electron chi connectivity index (χ3n) is 10.0. The summed E-state index contributed by atoms with van der Waals surface area (Å²) in [4.78, 5) is 27.8. The van der Waals surface area contributed by atoms with Gasteiger partial charge in [-0.05, 0) is 49.7 Å². The highest BCUT2D eigenvalue weighted by atomic mass is 19.4. The zero-order chi connectivity index (χ0) is 36.4. The van der Waals surface area contributed by atoms with Crippen molar-refractivity contribution in [2.75, 3.05) is 17.2 Å². The number of hydrogen-bond acceptors (Lipinski definition) is 11. The second-order valence-electron chi connectivity index (χ2n) is 13.5. The number of imidazole rings is 1. The molecule has 0 bridgehead atoms. The van der Waals surface area contributed by atoms with Crippen LogP contribution in [0.25, 0.3) is 11.2 Å². The van der Waals surface area contributed by atoms with Gasteiger partial charge in [-0.2, -0.15) is 38.1 Å². The molecule has 2 aliphatic rings. The van der Waals surface area contributed by atoms with Gasteiger partial charge in [0.1, 0.15) is 12.1 Å². The van der Waals surface area contributed by atoms with Crippen molar-refractivity contribution >= 4 is 28.9 Å². The fraction of sp³-hybridized carbons (Fsp3) is 0.444. The van der Waals surface area contributed by atoms with E-state index in [-0.39, 0.29) is 30.1 Å². The molecule has 4 atom stereocenters. The molecule has 5 N–H and O–H groups in total. The number of anilines is 2. The zero-order valence-electron chi connectivity index (χ0n) is 28.5. The summed E-state index contributed by atoms with van der Waals surface area (Å²) in [7, 11) is 0. The van der Waals surface area contributed by atoms with Crippen molar-refractivity contribution in [3.63, 3.8) is 0 Å². The topological polar surface area (TPSA) is 171 Å². The first-order valence-electron chi connectivity index (χ1n) is 17.6. The Morgan fingerprint density at radius 2 is 1.69 bits per heavy atom. The molecule has 2 aromatic carbocycles. The van der Waals surface area contributed by atoms with Crippen LogP contribution in [0.5, 0.6) is 0 Å². The van der Waals surface area contributed by atoms with Gasteiger partial charge in [0.15, 0.2) is 23.1 Å². The third kappa shape index (κ3) is 7.44. The highest BCUT2D eigenvalue weighted by molar-refractivity contribution is 5.84. The van der Waals surface area contributed by atoms with Crippen molar-refractivity contribution in [1.82, 2.24) is 34.5 Å². The molecule has 2 fully saturated rings. The summed E-state index contributed by atoms with van der Waals surface area (Å²) < 4.78 is 47.1. The van der Waals surface area contributed by atoms with Crippen molar-refractivity contribution in [1.29, 1.82) is 0 Å². The number of carbonyl (C=O) groups excluding carboxylic acids is 1. The molecule has 0 radical (unpaired) electrons. The third-order valence-corrected chi connectivity index (χ3v) is 10.0. The van der Waals surface area contributed by atoms with Gasteiger partial charge in [-0.3, -0.25) is 0 Å². The molecular formula is C36H41F3N10O3. The summed E-state index contributed by atoms with van der Waals surface area (Å²) in [6.07, 6.45) is -1.58. The Bertz CT molecular complexity index is 1930. The first-order valence-corrected chi connectivity index (χ1v) is 17.6. The van der Waals surface area contributed by atoms with Crippen molar-refractivity contribution in [2.24, 2.45) is 5.73 Å². The summed E-state index contributed by atoms with van der Waals surface area (Å²) in [5, 5.41) is 27.0. The summed E-state index contributed by atoms with van der Waals surface area (Å²) >= 11 is 0. The second-order valence-corrected chi connectivity index (χ2v) is 13.5. The lowest BCUT2D eigenvalue weighted by atomic mass is 9.91. The maximum absolute atomic E-state index is 13.5. The SMILES string of the molecule is CCc1cnn([C@H]2C[C@@H](n3cnc4c(NCC(c5ccccc5)c5ccccc5)nc(NC5CCC(N)CC5)nc43)[C@H](OC(=O)C(F)(F)F)[C@@H]2O)n1. The Balaban J connectivity index is 1.27. The number of alkyl halides is 3. The zero-order valence-corrected chi connectivity index (χ0v) is 28.5. The highest BCUT2D eigenvalue weighted by Gasteiger charge is 2.52. The van der Waals surface area contributed by atoms with Gasteiger partial charge in [-0.25, -0.2) is 9.78 Å². The van der Waals surface area contributed by atoms with Gasteiger partial charge in [0.05, 0.1) is 24.3 Å². The quantitative estimate of drug-likeness (QED) is 0.137. The molecule has 0 unspecified atom stereocenters. The molecule has 13 nitrogen and oxygen atoms in total. The number of nitrogens with two attached hydrogens (primary N) is 1. The number of nitrogens with zero attached hydrogens (tertiary/aromatic N) is 7. The van der Waals surface area contributed by atoms with E-state index in [0.717, 1.165) is 36.8 Å². The summed E-state index contributed by atoms with van der Waals surface area (Å²) in [5.74, 6) is -1.75. The van der Waals surface area contributed by atoms with Crippen molar-refractivity contribution in [2.45, 2.75) is 93.9 Å². The Morgan fingerprint density at radius 3 is 2.31 bits per heavy atom. The number of aryl methyl sites for hydroxylation is 1. The van der Waals surface area contributed by atoms with E-state index >= 15 is 0 Å². The van der Waals surface area contributed by atoms with Crippen LogP contribution in [0.15, 0.2) is 73.2 Å². The predicted molar refractivity (Wildman–Crippen MR) is 186 cm³/mol. The highest BCUT2D eigenvalue weighted by Crippen LogP contribution is 2.42. The molecule has 3 heterocycles. The first kappa shape index (κ1) is 35.3. The van der Waals surface area contributed by atoms with Gasteiger partial charge in [0, 0.05) is 24.5 Å². The van der Waals surface area contributed by atoms with E-state index in [2.05, 4.69) is 50.1 Å². The molecule has 5 aromatic rings. The van der Waals surface area contributed by atoms with Gasteiger partial charge in [0.25, 0.3) is 0 Å². The monoisotopic (exact) mass is 718 g/mol. The number of benzene rings is 2. The van der Waals surface area contributed by atoms with Crippen LogP contribution in [0.4, 0.5) is 24.9 Å². The lowest BCUT2D eigenvalue weighted by molar-refractivity contribution is -0.210. The summed E-state index contributed by atoms with van der Waals surface area (Å²) in [6.45, 7) is 2.32. The molecule has 52 heavy (non-hydrogen) atoms. The number of aliphatic hydroxyl groups excluding tert-OH is 1. The fourth-order valence-electron chi connectivity index (χ4n) is 7.23. The van der Waals surface area contributed by atoms with E-state index in [0.29, 0.717) is 35.9 Å². The Morgan fingerprint density at radius 1 is 1.02 bits per heavy atom.